The van der Waals surface area contributed by atoms with E-state index in [4.69, 9.17) is 23.4 Å². The second-order valence-electron chi connectivity index (χ2n) is 7.93. The Kier molecular flexibility index (Phi) is 6.38. The smallest absolute Gasteiger partial charge is 0.239 e. The molecular formula is C23H24O12. The van der Waals surface area contributed by atoms with Gasteiger partial charge in [0.25, 0.3) is 0 Å². The van der Waals surface area contributed by atoms with Crippen LogP contribution in [0.15, 0.2) is 33.5 Å². The van der Waals surface area contributed by atoms with E-state index in [9.17, 15) is 35.4 Å². The molecule has 12 nitrogen and oxygen atoms in total. The van der Waals surface area contributed by atoms with Crippen molar-refractivity contribution in [2.24, 2.45) is 0 Å². The van der Waals surface area contributed by atoms with Gasteiger partial charge in [-0.15, -0.1) is 0 Å². The van der Waals surface area contributed by atoms with E-state index < -0.39 is 58.8 Å². The fourth-order valence-electron chi connectivity index (χ4n) is 3.84. The Bertz CT molecular complexity index is 1320. The standard InChI is InChI=1S/C23H24O12/c1-8-15(27)17(29)18(30)23(33-8)35-22-16(28)14-11(25)7-12(26)20(32-3)21(14)34-19(22)9-4-5-10(24)13(6-9)31-2/h4-8,15,17-18,23-27,29-30H,1-3H3/t8-,15-,17+,18-,23-/m0/s1. The Morgan fingerprint density at radius 2 is 1.57 bits per heavy atom. The molecule has 1 aliphatic heterocycles. The highest BCUT2D eigenvalue weighted by molar-refractivity contribution is 5.93. The average Bonchev–Trinajstić information content (AvgIpc) is 2.82. The minimum atomic E-state index is -1.75. The quantitative estimate of drug-likeness (QED) is 0.294. The number of aliphatic hydroxyl groups excluding tert-OH is 3. The number of aromatic hydroxyl groups is 3. The Labute approximate surface area is 197 Å². The van der Waals surface area contributed by atoms with Crippen molar-refractivity contribution < 1.29 is 54.0 Å². The Morgan fingerprint density at radius 3 is 2.23 bits per heavy atom. The SMILES string of the molecule is COc1cc(-c2oc3c(OC)c(O)cc(O)c3c(=O)c2O[C@@H]2O[C@@H](C)[C@H](O)[C@@H](O)[C@@H]2O)ccc1O. The number of methoxy groups -OCH3 is 2. The van der Waals surface area contributed by atoms with Gasteiger partial charge in [0.2, 0.25) is 23.2 Å². The molecule has 0 unspecified atom stereocenters. The third-order valence-electron chi connectivity index (χ3n) is 5.73. The molecule has 5 atom stereocenters. The molecule has 1 aliphatic rings. The molecule has 1 fully saturated rings. The zero-order valence-corrected chi connectivity index (χ0v) is 18.8. The van der Waals surface area contributed by atoms with Crippen LogP contribution in [0.4, 0.5) is 0 Å². The first-order valence-corrected chi connectivity index (χ1v) is 10.4. The van der Waals surface area contributed by atoms with Gasteiger partial charge in [0.05, 0.1) is 20.3 Å². The summed E-state index contributed by atoms with van der Waals surface area (Å²) in [6.45, 7) is 1.43. The molecule has 4 rings (SSSR count). The number of hydrogen-bond donors (Lipinski definition) is 6. The zero-order valence-electron chi connectivity index (χ0n) is 18.8. The van der Waals surface area contributed by atoms with E-state index in [1.807, 2.05) is 0 Å². The van der Waals surface area contributed by atoms with E-state index in [1.165, 1.54) is 39.3 Å². The molecule has 2 aromatic carbocycles. The van der Waals surface area contributed by atoms with E-state index in [-0.39, 0.29) is 34.2 Å². The number of hydrogen-bond acceptors (Lipinski definition) is 12. The van der Waals surface area contributed by atoms with Gasteiger partial charge >= 0.3 is 0 Å². The molecular weight excluding hydrogens is 468 g/mol. The van der Waals surface area contributed by atoms with Crippen LogP contribution in [-0.4, -0.2) is 75.6 Å². The lowest BCUT2D eigenvalue weighted by Crippen LogP contribution is -2.58. The highest BCUT2D eigenvalue weighted by Crippen LogP contribution is 2.44. The Balaban J connectivity index is 1.99. The van der Waals surface area contributed by atoms with Gasteiger partial charge in [0.1, 0.15) is 29.4 Å². The van der Waals surface area contributed by atoms with Crippen LogP contribution in [-0.2, 0) is 4.74 Å². The summed E-state index contributed by atoms with van der Waals surface area (Å²) < 4.78 is 27.3. The lowest BCUT2D eigenvalue weighted by atomic mass is 10.00. The number of rotatable bonds is 5. The molecule has 3 aromatic rings. The number of phenols is 3. The van der Waals surface area contributed by atoms with Gasteiger partial charge in [-0.1, -0.05) is 0 Å². The lowest BCUT2D eigenvalue weighted by molar-refractivity contribution is -0.268. The first-order chi connectivity index (χ1) is 16.6. The third-order valence-corrected chi connectivity index (χ3v) is 5.73. The molecule has 1 saturated heterocycles. The molecule has 0 aliphatic carbocycles. The normalized spacial score (nSPS) is 24.3. The molecule has 0 radical (unpaired) electrons. The molecule has 12 heteroatoms. The fraction of sp³-hybridized carbons (Fsp3) is 0.348. The molecule has 6 N–H and O–H groups in total. The predicted octanol–water partition coefficient (Wildman–Crippen LogP) is 0.800. The summed E-state index contributed by atoms with van der Waals surface area (Å²) in [7, 11) is 2.53. The second kappa shape index (κ2) is 9.15. The number of phenolic OH excluding ortho intramolecular Hbond substituents is 3. The van der Waals surface area contributed by atoms with Crippen LogP contribution < -0.4 is 19.6 Å². The van der Waals surface area contributed by atoms with Gasteiger partial charge in [-0.25, -0.2) is 0 Å². The summed E-state index contributed by atoms with van der Waals surface area (Å²) in [6.07, 6.45) is -7.37. The molecule has 0 spiro atoms. The molecule has 2 heterocycles. The van der Waals surface area contributed by atoms with Crippen LogP contribution in [0, 0.1) is 0 Å². The van der Waals surface area contributed by atoms with Gasteiger partial charge in [0, 0.05) is 11.6 Å². The van der Waals surface area contributed by atoms with Crippen molar-refractivity contribution in [2.45, 2.75) is 37.6 Å². The molecule has 0 saturated carbocycles. The molecule has 35 heavy (non-hydrogen) atoms. The van der Waals surface area contributed by atoms with E-state index >= 15 is 0 Å². The molecule has 1 aromatic heterocycles. The predicted molar refractivity (Wildman–Crippen MR) is 119 cm³/mol. The van der Waals surface area contributed by atoms with Gasteiger partial charge in [-0.05, 0) is 25.1 Å². The number of benzene rings is 2. The van der Waals surface area contributed by atoms with Crippen LogP contribution in [0.2, 0.25) is 0 Å². The summed E-state index contributed by atoms with van der Waals surface area (Å²) in [4.78, 5) is 13.5. The van der Waals surface area contributed by atoms with Crippen LogP contribution in [0.25, 0.3) is 22.3 Å². The highest BCUT2D eigenvalue weighted by atomic mass is 16.7. The molecule has 0 amide bonds. The Morgan fingerprint density at radius 1 is 0.857 bits per heavy atom. The second-order valence-corrected chi connectivity index (χ2v) is 7.93. The summed E-state index contributed by atoms with van der Waals surface area (Å²) in [5.74, 6) is -2.34. The lowest BCUT2D eigenvalue weighted by Gasteiger charge is -2.38. The number of ether oxygens (including phenoxy) is 4. The van der Waals surface area contributed by atoms with Crippen LogP contribution in [0.3, 0.4) is 0 Å². The summed E-state index contributed by atoms with van der Waals surface area (Å²) in [5, 5.41) is 60.6. The van der Waals surface area contributed by atoms with E-state index in [0.717, 1.165) is 6.07 Å². The summed E-state index contributed by atoms with van der Waals surface area (Å²) >= 11 is 0. The molecule has 188 valence electrons. The van der Waals surface area contributed by atoms with Gasteiger partial charge in [0.15, 0.2) is 28.6 Å². The monoisotopic (exact) mass is 492 g/mol. The maximum atomic E-state index is 13.5. The van der Waals surface area contributed by atoms with Crippen molar-refractivity contribution in [3.05, 3.63) is 34.5 Å². The number of aliphatic hydroxyl groups is 3. The first-order valence-electron chi connectivity index (χ1n) is 10.4. The zero-order chi connectivity index (χ0) is 25.6. The third kappa shape index (κ3) is 4.06. The molecule has 0 bridgehead atoms. The van der Waals surface area contributed by atoms with Crippen molar-refractivity contribution >= 4 is 11.0 Å². The van der Waals surface area contributed by atoms with E-state index in [2.05, 4.69) is 0 Å². The maximum Gasteiger partial charge on any atom is 0.239 e. The average molecular weight is 492 g/mol. The first kappa shape index (κ1) is 24.4. The Hall–Kier alpha value is -3.71. The summed E-state index contributed by atoms with van der Waals surface area (Å²) in [5.41, 5.74) is -1.07. The maximum absolute atomic E-state index is 13.5. The fourth-order valence-corrected chi connectivity index (χ4v) is 3.84. The van der Waals surface area contributed by atoms with Crippen LogP contribution in [0.5, 0.6) is 34.5 Å². The minimum Gasteiger partial charge on any atom is -0.507 e. The van der Waals surface area contributed by atoms with Crippen molar-refractivity contribution in [1.82, 2.24) is 0 Å². The number of fused-ring (bicyclic) bond motifs is 1. The van der Waals surface area contributed by atoms with Crippen molar-refractivity contribution in [2.75, 3.05) is 14.2 Å². The van der Waals surface area contributed by atoms with Crippen molar-refractivity contribution in [3.63, 3.8) is 0 Å². The van der Waals surface area contributed by atoms with E-state index in [1.54, 1.807) is 0 Å². The largest absolute Gasteiger partial charge is 0.507 e. The highest BCUT2D eigenvalue weighted by Gasteiger charge is 2.44. The van der Waals surface area contributed by atoms with Gasteiger partial charge < -0.3 is 54.0 Å². The minimum absolute atomic E-state index is 0.0306. The van der Waals surface area contributed by atoms with Crippen molar-refractivity contribution in [3.8, 4) is 45.8 Å². The van der Waals surface area contributed by atoms with Crippen molar-refractivity contribution in [1.29, 1.82) is 0 Å². The van der Waals surface area contributed by atoms with Crippen LogP contribution >= 0.6 is 0 Å². The van der Waals surface area contributed by atoms with E-state index in [0.29, 0.717) is 0 Å². The van der Waals surface area contributed by atoms with Crippen LogP contribution in [0.1, 0.15) is 6.92 Å². The van der Waals surface area contributed by atoms with Gasteiger partial charge in [-0.2, -0.15) is 0 Å². The summed E-state index contributed by atoms with van der Waals surface area (Å²) in [6, 6.07) is 4.87. The topological polar surface area (TPSA) is 189 Å². The van der Waals surface area contributed by atoms with Gasteiger partial charge in [-0.3, -0.25) is 4.79 Å².